The molecule has 0 saturated carbocycles. The molecule has 0 aliphatic rings. The van der Waals surface area contributed by atoms with Crippen LogP contribution in [0.4, 0.5) is 5.00 Å². The standard InChI is InChI=1S/C7H5BrClN3S/c1-4(8)3-11-7-5(2-10)6(9)12-13-7/h11H,1,3H2. The average Bonchev–Trinajstić information content (AvgIpc) is 2.42. The van der Waals surface area contributed by atoms with Gasteiger partial charge in [0.15, 0.2) is 5.15 Å². The van der Waals surface area contributed by atoms with Gasteiger partial charge in [0.25, 0.3) is 0 Å². The molecular formula is C7H5BrClN3S. The zero-order valence-electron chi connectivity index (χ0n) is 6.47. The normalized spacial score (nSPS) is 9.31. The molecule has 0 radical (unpaired) electrons. The number of nitrogens with zero attached hydrogens (tertiary/aromatic N) is 2. The summed E-state index contributed by atoms with van der Waals surface area (Å²) in [6, 6.07) is 1.98. The lowest BCUT2D eigenvalue weighted by molar-refractivity contribution is 1.34. The highest BCUT2D eigenvalue weighted by Gasteiger charge is 2.10. The van der Waals surface area contributed by atoms with Crippen molar-refractivity contribution in [1.82, 2.24) is 4.37 Å². The lowest BCUT2D eigenvalue weighted by Crippen LogP contribution is -1.99. The van der Waals surface area contributed by atoms with E-state index in [1.54, 1.807) is 0 Å². The molecule has 0 spiro atoms. The van der Waals surface area contributed by atoms with Gasteiger partial charge >= 0.3 is 0 Å². The van der Waals surface area contributed by atoms with Crippen molar-refractivity contribution in [2.75, 3.05) is 11.9 Å². The van der Waals surface area contributed by atoms with E-state index in [0.717, 1.165) is 4.48 Å². The van der Waals surface area contributed by atoms with E-state index in [1.165, 1.54) is 11.5 Å². The molecule has 0 atom stereocenters. The van der Waals surface area contributed by atoms with E-state index in [0.29, 0.717) is 17.1 Å². The highest BCUT2D eigenvalue weighted by atomic mass is 79.9. The van der Waals surface area contributed by atoms with Crippen molar-refractivity contribution in [2.24, 2.45) is 0 Å². The summed E-state index contributed by atoms with van der Waals surface area (Å²) in [5, 5.41) is 12.6. The van der Waals surface area contributed by atoms with Crippen LogP contribution in [0.15, 0.2) is 11.1 Å². The molecule has 3 nitrogen and oxygen atoms in total. The monoisotopic (exact) mass is 277 g/mol. The molecule has 0 saturated heterocycles. The zero-order chi connectivity index (χ0) is 9.84. The van der Waals surface area contributed by atoms with Gasteiger partial charge in [-0.05, 0) is 11.5 Å². The van der Waals surface area contributed by atoms with Crippen LogP contribution in [-0.2, 0) is 0 Å². The molecule has 0 aromatic carbocycles. The van der Waals surface area contributed by atoms with Crippen molar-refractivity contribution < 1.29 is 0 Å². The van der Waals surface area contributed by atoms with E-state index < -0.39 is 0 Å². The molecule has 0 unspecified atom stereocenters. The first-order valence-corrected chi connectivity index (χ1v) is 5.22. The van der Waals surface area contributed by atoms with Gasteiger partial charge in [0.05, 0.1) is 0 Å². The van der Waals surface area contributed by atoms with E-state index in [-0.39, 0.29) is 5.15 Å². The summed E-state index contributed by atoms with van der Waals surface area (Å²) in [7, 11) is 0. The van der Waals surface area contributed by atoms with Crippen molar-refractivity contribution in [1.29, 1.82) is 5.26 Å². The fraction of sp³-hybridized carbons (Fsp3) is 0.143. The van der Waals surface area contributed by atoms with Crippen LogP contribution in [0.5, 0.6) is 0 Å². The summed E-state index contributed by atoms with van der Waals surface area (Å²) in [5.74, 6) is 0. The van der Waals surface area contributed by atoms with E-state index in [9.17, 15) is 0 Å². The minimum absolute atomic E-state index is 0.246. The van der Waals surface area contributed by atoms with Gasteiger partial charge in [0.1, 0.15) is 16.6 Å². The number of anilines is 1. The molecule has 0 amide bonds. The second-order valence-corrected chi connectivity index (χ2v) is 4.41. The third kappa shape index (κ3) is 2.69. The summed E-state index contributed by atoms with van der Waals surface area (Å²) >= 11 is 10.0. The fourth-order valence-corrected chi connectivity index (χ4v) is 1.73. The molecule has 6 heteroatoms. The van der Waals surface area contributed by atoms with Crippen LogP contribution in [-0.4, -0.2) is 10.9 Å². The summed E-state index contributed by atoms with van der Waals surface area (Å²) in [5.41, 5.74) is 0.389. The first-order valence-electron chi connectivity index (χ1n) is 3.27. The maximum atomic E-state index is 8.71. The summed E-state index contributed by atoms with van der Waals surface area (Å²) in [4.78, 5) is 0. The number of nitrogens with one attached hydrogen (secondary N) is 1. The molecule has 0 aliphatic heterocycles. The molecule has 0 fully saturated rings. The van der Waals surface area contributed by atoms with Crippen molar-refractivity contribution in [3.63, 3.8) is 0 Å². The van der Waals surface area contributed by atoms with Gasteiger partial charge in [0.2, 0.25) is 0 Å². The quantitative estimate of drug-likeness (QED) is 0.924. The van der Waals surface area contributed by atoms with Gasteiger partial charge in [-0.2, -0.15) is 9.64 Å². The maximum Gasteiger partial charge on any atom is 0.162 e. The van der Waals surface area contributed by atoms with E-state index in [4.69, 9.17) is 16.9 Å². The van der Waals surface area contributed by atoms with Crippen LogP contribution in [0.2, 0.25) is 5.15 Å². The van der Waals surface area contributed by atoms with Gasteiger partial charge in [-0.15, -0.1) is 0 Å². The Hall–Kier alpha value is -0.570. The molecule has 1 aromatic heterocycles. The topological polar surface area (TPSA) is 48.7 Å². The van der Waals surface area contributed by atoms with Gasteiger partial charge in [-0.25, -0.2) is 0 Å². The Morgan fingerprint density at radius 3 is 3.08 bits per heavy atom. The van der Waals surface area contributed by atoms with Gasteiger partial charge in [-0.3, -0.25) is 0 Å². The van der Waals surface area contributed by atoms with Gasteiger partial charge < -0.3 is 5.32 Å². The van der Waals surface area contributed by atoms with Crippen molar-refractivity contribution in [2.45, 2.75) is 0 Å². The lowest BCUT2D eigenvalue weighted by atomic mass is 10.4. The highest BCUT2D eigenvalue weighted by Crippen LogP contribution is 2.27. The number of hydrogen-bond acceptors (Lipinski definition) is 4. The van der Waals surface area contributed by atoms with Crippen molar-refractivity contribution >= 4 is 44.1 Å². The molecule has 13 heavy (non-hydrogen) atoms. The molecule has 0 aliphatic carbocycles. The first-order chi connectivity index (χ1) is 6.15. The number of halogens is 2. The highest BCUT2D eigenvalue weighted by molar-refractivity contribution is 9.11. The number of nitriles is 1. The first kappa shape index (κ1) is 10.5. The van der Waals surface area contributed by atoms with Gasteiger partial charge in [0, 0.05) is 11.0 Å². The van der Waals surface area contributed by atoms with Crippen LogP contribution in [0.3, 0.4) is 0 Å². The largest absolute Gasteiger partial charge is 0.370 e. The third-order valence-electron chi connectivity index (χ3n) is 1.20. The molecular weight excluding hydrogens is 274 g/mol. The lowest BCUT2D eigenvalue weighted by Gasteiger charge is -2.00. The molecule has 1 rings (SSSR count). The predicted molar refractivity (Wildman–Crippen MR) is 58.4 cm³/mol. The summed E-state index contributed by atoms with van der Waals surface area (Å²) in [6.07, 6.45) is 0. The van der Waals surface area contributed by atoms with Crippen LogP contribution in [0.25, 0.3) is 0 Å². The van der Waals surface area contributed by atoms with E-state index >= 15 is 0 Å². The number of aromatic nitrogens is 1. The SMILES string of the molecule is C=C(Br)CNc1snc(Cl)c1C#N. The Morgan fingerprint density at radius 1 is 1.85 bits per heavy atom. The Kier molecular flexibility index (Phi) is 3.72. The van der Waals surface area contributed by atoms with E-state index in [2.05, 4.69) is 32.2 Å². The molecule has 1 aromatic rings. The smallest absolute Gasteiger partial charge is 0.162 e. The van der Waals surface area contributed by atoms with Crippen LogP contribution >= 0.6 is 39.1 Å². The average molecular weight is 279 g/mol. The maximum absolute atomic E-state index is 8.71. The van der Waals surface area contributed by atoms with Crippen LogP contribution in [0, 0.1) is 11.3 Å². The fourth-order valence-electron chi connectivity index (χ4n) is 0.664. The molecule has 1 heterocycles. The Morgan fingerprint density at radius 2 is 2.54 bits per heavy atom. The third-order valence-corrected chi connectivity index (χ3v) is 2.66. The van der Waals surface area contributed by atoms with Gasteiger partial charge in [-0.1, -0.05) is 34.1 Å². The summed E-state index contributed by atoms with van der Waals surface area (Å²) in [6.45, 7) is 4.20. The Balaban J connectivity index is 2.78. The molecule has 68 valence electrons. The minimum Gasteiger partial charge on any atom is -0.370 e. The minimum atomic E-state index is 0.246. The number of rotatable bonds is 3. The van der Waals surface area contributed by atoms with Crippen LogP contribution in [0.1, 0.15) is 5.56 Å². The predicted octanol–water partition coefficient (Wildman–Crippen LogP) is 2.99. The molecule has 1 N–H and O–H groups in total. The van der Waals surface area contributed by atoms with Crippen molar-refractivity contribution in [3.05, 3.63) is 21.8 Å². The van der Waals surface area contributed by atoms with E-state index in [1.807, 2.05) is 6.07 Å². The Bertz CT molecular complexity index is 368. The number of hydrogen-bond donors (Lipinski definition) is 1. The Labute approximate surface area is 93.3 Å². The van der Waals surface area contributed by atoms with Crippen LogP contribution < -0.4 is 5.32 Å². The molecule has 0 bridgehead atoms. The van der Waals surface area contributed by atoms with Crippen molar-refractivity contribution in [3.8, 4) is 6.07 Å². The zero-order valence-corrected chi connectivity index (χ0v) is 9.63. The second kappa shape index (κ2) is 4.61. The summed E-state index contributed by atoms with van der Waals surface area (Å²) < 4.78 is 4.65. The second-order valence-electron chi connectivity index (χ2n) is 2.16.